The van der Waals surface area contributed by atoms with Crippen molar-refractivity contribution in [3.8, 4) is 11.4 Å². The highest BCUT2D eigenvalue weighted by molar-refractivity contribution is 7.64. The Bertz CT molecular complexity index is 897. The van der Waals surface area contributed by atoms with Crippen LogP contribution in [0.15, 0.2) is 36.5 Å². The second kappa shape index (κ2) is 7.78. The molecule has 0 spiro atoms. The summed E-state index contributed by atoms with van der Waals surface area (Å²) in [5.41, 5.74) is 7.76. The largest absolute Gasteiger partial charge is 0.573 e. The summed E-state index contributed by atoms with van der Waals surface area (Å²) in [5, 5.41) is 6.56. The number of hydrogen-bond donors (Lipinski definition) is 1. The molecule has 5 nitrogen and oxygen atoms in total. The minimum atomic E-state index is -4.72. The first-order valence-corrected chi connectivity index (χ1v) is 9.64. The first-order chi connectivity index (χ1) is 11.8. The van der Waals surface area contributed by atoms with Gasteiger partial charge in [-0.05, 0) is 49.0 Å². The van der Waals surface area contributed by atoms with Gasteiger partial charge < -0.3 is 10.5 Å². The van der Waals surface area contributed by atoms with Gasteiger partial charge in [-0.25, -0.2) is 9.67 Å². The highest BCUT2D eigenvalue weighted by Gasteiger charge is 2.31. The summed E-state index contributed by atoms with van der Waals surface area (Å²) in [6, 6.07) is 7.45. The summed E-state index contributed by atoms with van der Waals surface area (Å²) >= 11 is 0. The van der Waals surface area contributed by atoms with Crippen molar-refractivity contribution in [1.82, 2.24) is 14.8 Å². The summed E-state index contributed by atoms with van der Waals surface area (Å²) in [4.78, 5) is 4.40. The molecule has 0 atom stereocenters. The van der Waals surface area contributed by atoms with Gasteiger partial charge >= 0.3 is 6.36 Å². The summed E-state index contributed by atoms with van der Waals surface area (Å²) in [6.07, 6.45) is -3.01. The second-order valence-electron chi connectivity index (χ2n) is 5.53. The molecule has 1 aromatic carbocycles. The van der Waals surface area contributed by atoms with Gasteiger partial charge in [-0.3, -0.25) is 0 Å². The number of ether oxygens (including phenoxy) is 1. The molecule has 0 aliphatic carbocycles. The molecule has 0 radical (unpaired) electrons. The van der Waals surface area contributed by atoms with Crippen molar-refractivity contribution < 1.29 is 17.9 Å². The van der Waals surface area contributed by atoms with Crippen LogP contribution in [-0.4, -0.2) is 34.5 Å². The van der Waals surface area contributed by atoms with Gasteiger partial charge in [-0.1, -0.05) is 7.92 Å². The molecule has 0 fully saturated rings. The van der Waals surface area contributed by atoms with Crippen LogP contribution in [-0.2, 0) is 6.54 Å². The van der Waals surface area contributed by atoms with Crippen molar-refractivity contribution in [2.45, 2.75) is 12.9 Å². The first kappa shape index (κ1) is 20.4. The van der Waals surface area contributed by atoms with Gasteiger partial charge in [0.05, 0.1) is 16.8 Å². The number of halogens is 4. The number of alkyl halides is 3. The highest BCUT2D eigenvalue weighted by Crippen LogP contribution is 2.31. The van der Waals surface area contributed by atoms with Gasteiger partial charge in [-0.2, -0.15) is 5.10 Å². The SMILES string of the molecule is CP(C)c1ccnc2c1c(CN)nn2-c1ccc(OC(F)(F)F)cc1.Cl. The molecule has 26 heavy (non-hydrogen) atoms. The van der Waals surface area contributed by atoms with Gasteiger partial charge in [0.2, 0.25) is 0 Å². The van der Waals surface area contributed by atoms with E-state index in [2.05, 4.69) is 28.1 Å². The van der Waals surface area contributed by atoms with E-state index < -0.39 is 6.36 Å². The zero-order valence-electron chi connectivity index (χ0n) is 14.0. The van der Waals surface area contributed by atoms with Gasteiger partial charge in [0.1, 0.15) is 5.75 Å². The number of fused-ring (bicyclic) bond motifs is 1. The van der Waals surface area contributed by atoms with Crippen LogP contribution < -0.4 is 15.8 Å². The summed E-state index contributed by atoms with van der Waals surface area (Å²) in [7, 11) is -0.388. The van der Waals surface area contributed by atoms with Gasteiger partial charge in [-0.15, -0.1) is 25.6 Å². The lowest BCUT2D eigenvalue weighted by atomic mass is 10.2. The van der Waals surface area contributed by atoms with Crippen molar-refractivity contribution in [3.05, 3.63) is 42.2 Å². The van der Waals surface area contributed by atoms with Crippen molar-refractivity contribution in [1.29, 1.82) is 0 Å². The van der Waals surface area contributed by atoms with Crippen molar-refractivity contribution in [2.75, 3.05) is 13.3 Å². The van der Waals surface area contributed by atoms with Crippen molar-refractivity contribution >= 4 is 36.7 Å². The average Bonchev–Trinajstić information content (AvgIpc) is 2.93. The number of nitrogens with zero attached hydrogens (tertiary/aromatic N) is 3. The number of aromatic nitrogens is 3. The summed E-state index contributed by atoms with van der Waals surface area (Å²) < 4.78 is 42.3. The predicted molar refractivity (Wildman–Crippen MR) is 99.1 cm³/mol. The molecular weight excluding hydrogens is 388 g/mol. The molecule has 0 aliphatic rings. The lowest BCUT2D eigenvalue weighted by Crippen LogP contribution is -2.17. The quantitative estimate of drug-likeness (QED) is 0.675. The Morgan fingerprint density at radius 3 is 2.35 bits per heavy atom. The molecular formula is C16H17ClF3N4OP. The number of rotatable bonds is 4. The van der Waals surface area contributed by atoms with Crippen LogP contribution in [0.5, 0.6) is 5.75 Å². The molecule has 3 rings (SSSR count). The lowest BCUT2D eigenvalue weighted by Gasteiger charge is -2.10. The molecule has 2 aromatic heterocycles. The van der Waals surface area contributed by atoms with E-state index in [4.69, 9.17) is 5.73 Å². The maximum absolute atomic E-state index is 12.3. The monoisotopic (exact) mass is 404 g/mol. The molecule has 0 amide bonds. The fraction of sp³-hybridized carbons (Fsp3) is 0.250. The van der Waals surface area contributed by atoms with Crippen molar-refractivity contribution in [3.63, 3.8) is 0 Å². The van der Waals surface area contributed by atoms with Gasteiger partial charge in [0, 0.05) is 12.7 Å². The molecule has 10 heteroatoms. The predicted octanol–water partition coefficient (Wildman–Crippen LogP) is 3.57. The minimum absolute atomic E-state index is 0. The standard InChI is InChI=1S/C16H16F3N4OP.ClH/c1-25(2)13-7-8-21-15-14(13)12(9-20)22-23(15)10-3-5-11(6-4-10)24-16(17,18)19;/h3-8H,9,20H2,1-2H3;1H. The molecule has 0 unspecified atom stereocenters. The minimum Gasteiger partial charge on any atom is -0.406 e. The van der Waals surface area contributed by atoms with Crippen LogP contribution in [0, 0.1) is 0 Å². The molecule has 140 valence electrons. The molecule has 3 aromatic rings. The van der Waals surface area contributed by atoms with Crippen LogP contribution in [0.4, 0.5) is 13.2 Å². The van der Waals surface area contributed by atoms with Crippen LogP contribution in [0.3, 0.4) is 0 Å². The molecule has 2 heterocycles. The summed E-state index contributed by atoms with van der Waals surface area (Å²) in [5.74, 6) is -0.286. The molecule has 0 bridgehead atoms. The Morgan fingerprint density at radius 1 is 1.15 bits per heavy atom. The van der Waals surface area contributed by atoms with E-state index >= 15 is 0 Å². The molecule has 2 N–H and O–H groups in total. The lowest BCUT2D eigenvalue weighted by molar-refractivity contribution is -0.274. The third-order valence-corrected chi connectivity index (χ3v) is 4.95. The van der Waals surface area contributed by atoms with E-state index in [1.807, 2.05) is 6.07 Å². The summed E-state index contributed by atoms with van der Waals surface area (Å²) in [6.45, 7) is 4.51. The number of hydrogen-bond acceptors (Lipinski definition) is 4. The van der Waals surface area contributed by atoms with E-state index in [1.165, 1.54) is 24.3 Å². The van der Waals surface area contributed by atoms with E-state index in [9.17, 15) is 13.2 Å². The van der Waals surface area contributed by atoms with E-state index in [-0.39, 0.29) is 32.6 Å². The zero-order valence-corrected chi connectivity index (χ0v) is 15.7. The Labute approximate surface area is 155 Å². The fourth-order valence-electron chi connectivity index (χ4n) is 2.58. The Kier molecular flexibility index (Phi) is 6.11. The van der Waals surface area contributed by atoms with Crippen LogP contribution in [0.25, 0.3) is 16.7 Å². The zero-order chi connectivity index (χ0) is 18.2. The maximum atomic E-state index is 12.3. The van der Waals surface area contributed by atoms with Crippen LogP contribution in [0.1, 0.15) is 5.69 Å². The fourth-order valence-corrected chi connectivity index (χ4v) is 3.62. The highest BCUT2D eigenvalue weighted by atomic mass is 35.5. The third kappa shape index (κ3) is 4.09. The van der Waals surface area contributed by atoms with Gasteiger partial charge in [0.25, 0.3) is 0 Å². The van der Waals surface area contributed by atoms with Crippen LogP contribution in [0.2, 0.25) is 0 Å². The topological polar surface area (TPSA) is 66.0 Å². The second-order valence-corrected chi connectivity index (χ2v) is 7.80. The number of benzene rings is 1. The van der Waals surface area contributed by atoms with E-state index in [0.717, 1.165) is 10.7 Å². The van der Waals surface area contributed by atoms with E-state index in [1.54, 1.807) is 10.9 Å². The maximum Gasteiger partial charge on any atom is 0.573 e. The normalized spacial score (nSPS) is 11.7. The molecule has 0 saturated heterocycles. The molecule has 0 saturated carbocycles. The van der Waals surface area contributed by atoms with E-state index in [0.29, 0.717) is 17.0 Å². The smallest absolute Gasteiger partial charge is 0.406 e. The number of pyridine rings is 1. The average molecular weight is 405 g/mol. The Morgan fingerprint density at radius 2 is 1.81 bits per heavy atom. The van der Waals surface area contributed by atoms with Crippen LogP contribution >= 0.6 is 20.3 Å². The third-order valence-electron chi connectivity index (χ3n) is 3.61. The van der Waals surface area contributed by atoms with Gasteiger partial charge in [0.15, 0.2) is 5.65 Å². The molecule has 0 aliphatic heterocycles. The number of nitrogens with two attached hydrogens (primary N) is 1. The first-order valence-electron chi connectivity index (χ1n) is 7.40. The van der Waals surface area contributed by atoms with Crippen molar-refractivity contribution in [2.24, 2.45) is 5.73 Å². The Hall–Kier alpha value is -1.89. The Balaban J connectivity index is 0.00000243.